The van der Waals surface area contributed by atoms with Crippen molar-refractivity contribution in [1.29, 1.82) is 0 Å². The van der Waals surface area contributed by atoms with Crippen molar-refractivity contribution in [2.75, 3.05) is 0 Å². The second-order valence-corrected chi connectivity index (χ2v) is 12.0. The van der Waals surface area contributed by atoms with Crippen molar-refractivity contribution in [3.05, 3.63) is 158 Å². The molecule has 10 rings (SSSR count). The van der Waals surface area contributed by atoms with Crippen molar-refractivity contribution >= 4 is 65.4 Å². The third-order valence-corrected chi connectivity index (χ3v) is 9.37. The Hall–Kier alpha value is -6.19. The van der Waals surface area contributed by atoms with Gasteiger partial charge in [-0.25, -0.2) is 4.98 Å². The van der Waals surface area contributed by atoms with E-state index in [2.05, 4.69) is 162 Å². The van der Waals surface area contributed by atoms with Gasteiger partial charge >= 0.3 is 0 Å². The lowest BCUT2D eigenvalue weighted by molar-refractivity contribution is 0.669. The maximum absolute atomic E-state index is 6.35. The van der Waals surface area contributed by atoms with Crippen molar-refractivity contribution in [2.45, 2.75) is 0 Å². The van der Waals surface area contributed by atoms with Crippen LogP contribution in [0.1, 0.15) is 0 Å². The average Bonchev–Trinajstić information content (AvgIpc) is 3.66. The Morgan fingerprint density at radius 3 is 1.76 bits per heavy atom. The predicted octanol–water partition coefficient (Wildman–Crippen LogP) is 11.7. The number of rotatable bonds is 3. The van der Waals surface area contributed by atoms with Gasteiger partial charge in [-0.2, -0.15) is 0 Å². The normalized spacial score (nSPS) is 11.9. The van der Waals surface area contributed by atoms with Gasteiger partial charge in [0.2, 0.25) is 0 Å². The van der Waals surface area contributed by atoms with Crippen LogP contribution in [-0.4, -0.2) is 9.55 Å². The molecule has 0 aliphatic rings. The second kappa shape index (κ2) is 9.65. The Labute approximate surface area is 264 Å². The van der Waals surface area contributed by atoms with Crippen LogP contribution < -0.4 is 0 Å². The lowest BCUT2D eigenvalue weighted by atomic mass is 9.98. The smallest absolute Gasteiger partial charge is 0.135 e. The van der Waals surface area contributed by atoms with Crippen LogP contribution in [0.4, 0.5) is 0 Å². The third kappa shape index (κ3) is 3.69. The number of hydrogen-bond donors (Lipinski definition) is 0. The van der Waals surface area contributed by atoms with E-state index in [9.17, 15) is 0 Å². The fraction of sp³-hybridized carbons (Fsp3) is 0. The first-order chi connectivity index (χ1) is 22.8. The molecular weight excluding hydrogens is 560 g/mol. The molecular formula is C43H26N2O. The zero-order valence-electron chi connectivity index (χ0n) is 24.8. The molecule has 0 amide bonds. The maximum atomic E-state index is 6.35. The molecule has 3 nitrogen and oxygen atoms in total. The summed E-state index contributed by atoms with van der Waals surface area (Å²) in [6, 6.07) is 56.0. The van der Waals surface area contributed by atoms with E-state index in [-0.39, 0.29) is 0 Å². The van der Waals surface area contributed by atoms with Crippen LogP contribution in [-0.2, 0) is 0 Å². The zero-order valence-corrected chi connectivity index (χ0v) is 24.8. The largest absolute Gasteiger partial charge is 0.456 e. The summed E-state index contributed by atoms with van der Waals surface area (Å²) in [7, 11) is 0. The maximum Gasteiger partial charge on any atom is 0.135 e. The summed E-state index contributed by atoms with van der Waals surface area (Å²) < 4.78 is 8.70. The molecule has 0 fully saturated rings. The van der Waals surface area contributed by atoms with E-state index in [4.69, 9.17) is 9.40 Å². The first-order valence-corrected chi connectivity index (χ1v) is 15.6. The van der Waals surface area contributed by atoms with Gasteiger partial charge in [0.25, 0.3) is 0 Å². The molecule has 10 aromatic rings. The Balaban J connectivity index is 1.15. The number of nitrogens with zero attached hydrogens (tertiary/aromatic N) is 2. The number of hydrogen-bond acceptors (Lipinski definition) is 2. The van der Waals surface area contributed by atoms with Crippen molar-refractivity contribution in [3.63, 3.8) is 0 Å². The first-order valence-electron chi connectivity index (χ1n) is 15.6. The molecule has 0 spiro atoms. The number of para-hydroxylation sites is 3. The van der Waals surface area contributed by atoms with Crippen molar-refractivity contribution in [3.8, 4) is 28.1 Å². The summed E-state index contributed by atoms with van der Waals surface area (Å²) >= 11 is 0. The SMILES string of the molecule is c1ccc(-n2c3ccccc3c3cc(-c4ccc5oc6ccc(-c7nc8ccccc8c8ccccc78)cc6c5c4)ccc32)cc1. The highest BCUT2D eigenvalue weighted by atomic mass is 16.3. The molecule has 0 aliphatic carbocycles. The van der Waals surface area contributed by atoms with E-state index in [1.54, 1.807) is 0 Å². The van der Waals surface area contributed by atoms with Crippen molar-refractivity contribution in [1.82, 2.24) is 9.55 Å². The molecule has 0 aliphatic heterocycles. The third-order valence-electron chi connectivity index (χ3n) is 9.37. The van der Waals surface area contributed by atoms with Gasteiger partial charge in [0.05, 0.1) is 22.2 Å². The predicted molar refractivity (Wildman–Crippen MR) is 192 cm³/mol. The molecule has 214 valence electrons. The molecule has 0 bridgehead atoms. The molecule has 0 saturated heterocycles. The van der Waals surface area contributed by atoms with Gasteiger partial charge in [-0.1, -0.05) is 91.0 Å². The van der Waals surface area contributed by atoms with Crippen LogP contribution in [0, 0.1) is 0 Å². The van der Waals surface area contributed by atoms with E-state index < -0.39 is 0 Å². The monoisotopic (exact) mass is 586 g/mol. The molecule has 7 aromatic carbocycles. The lowest BCUT2D eigenvalue weighted by Crippen LogP contribution is -1.92. The number of furan rings is 1. The van der Waals surface area contributed by atoms with Crippen LogP contribution in [0.3, 0.4) is 0 Å². The molecule has 0 N–H and O–H groups in total. The molecule has 0 saturated carbocycles. The van der Waals surface area contributed by atoms with Crippen LogP contribution in [0.2, 0.25) is 0 Å². The fourth-order valence-electron chi connectivity index (χ4n) is 7.24. The topological polar surface area (TPSA) is 31.0 Å². The molecule has 3 aromatic heterocycles. The van der Waals surface area contributed by atoms with Gasteiger partial charge in [0, 0.05) is 43.6 Å². The summed E-state index contributed by atoms with van der Waals surface area (Å²) in [6.45, 7) is 0. The van der Waals surface area contributed by atoms with Gasteiger partial charge < -0.3 is 8.98 Å². The van der Waals surface area contributed by atoms with E-state index in [0.717, 1.165) is 55.3 Å². The van der Waals surface area contributed by atoms with Gasteiger partial charge in [-0.05, 0) is 83.2 Å². The summed E-state index contributed by atoms with van der Waals surface area (Å²) in [5, 5.41) is 8.22. The Morgan fingerprint density at radius 1 is 0.391 bits per heavy atom. The van der Waals surface area contributed by atoms with E-state index >= 15 is 0 Å². The van der Waals surface area contributed by atoms with Crippen LogP contribution in [0.5, 0.6) is 0 Å². The molecule has 3 heterocycles. The summed E-state index contributed by atoms with van der Waals surface area (Å²) in [6.07, 6.45) is 0. The van der Waals surface area contributed by atoms with Crippen molar-refractivity contribution < 1.29 is 4.42 Å². The molecule has 46 heavy (non-hydrogen) atoms. The zero-order chi connectivity index (χ0) is 30.2. The minimum atomic E-state index is 0.877. The van der Waals surface area contributed by atoms with Gasteiger partial charge in [0.15, 0.2) is 0 Å². The van der Waals surface area contributed by atoms with Crippen LogP contribution >= 0.6 is 0 Å². The Morgan fingerprint density at radius 2 is 0.957 bits per heavy atom. The first kappa shape index (κ1) is 25.2. The standard InChI is InChI=1S/C43H26N2O/c1-2-10-30(11-3-1)45-39-17-9-7-14-33(39)35-24-27(18-21-40(35)45)28-19-22-41-36(25-28)37-26-29(20-23-42(37)46-41)43-34-15-5-4-12-31(34)32-13-6-8-16-38(32)44-43/h1-26H. The Bertz CT molecular complexity index is 2800. The number of pyridine rings is 1. The second-order valence-electron chi connectivity index (χ2n) is 12.0. The van der Waals surface area contributed by atoms with E-state index in [1.807, 2.05) is 0 Å². The number of benzene rings is 7. The minimum Gasteiger partial charge on any atom is -0.456 e. The quantitative estimate of drug-likeness (QED) is 0.193. The summed E-state index contributed by atoms with van der Waals surface area (Å²) in [4.78, 5) is 5.16. The molecule has 3 heteroatoms. The van der Waals surface area contributed by atoms with E-state index in [1.165, 1.54) is 38.1 Å². The van der Waals surface area contributed by atoms with Gasteiger partial charge in [-0.15, -0.1) is 0 Å². The highest BCUT2D eigenvalue weighted by Crippen LogP contribution is 2.39. The van der Waals surface area contributed by atoms with E-state index in [0.29, 0.717) is 0 Å². The van der Waals surface area contributed by atoms with Crippen LogP contribution in [0.15, 0.2) is 162 Å². The van der Waals surface area contributed by atoms with Crippen molar-refractivity contribution in [2.24, 2.45) is 0 Å². The highest BCUT2D eigenvalue weighted by molar-refractivity contribution is 6.14. The van der Waals surface area contributed by atoms with Gasteiger partial charge in [0.1, 0.15) is 11.2 Å². The summed E-state index contributed by atoms with van der Waals surface area (Å²) in [5.41, 5.74) is 10.7. The van der Waals surface area contributed by atoms with Crippen LogP contribution in [0.25, 0.3) is 93.5 Å². The molecule has 0 atom stereocenters. The highest BCUT2D eigenvalue weighted by Gasteiger charge is 2.16. The van der Waals surface area contributed by atoms with Gasteiger partial charge in [-0.3, -0.25) is 0 Å². The number of fused-ring (bicyclic) bond motifs is 9. The fourth-order valence-corrected chi connectivity index (χ4v) is 7.24. The minimum absolute atomic E-state index is 0.877. The lowest BCUT2D eigenvalue weighted by Gasteiger charge is -2.10. The molecule has 0 unspecified atom stereocenters. The summed E-state index contributed by atoms with van der Waals surface area (Å²) in [5.74, 6) is 0. The number of aromatic nitrogens is 2. The Kier molecular flexibility index (Phi) is 5.28. The average molecular weight is 587 g/mol. The molecule has 0 radical (unpaired) electrons.